The number of nitrogens with two attached hydrogens (primary N) is 1. The molecule has 1 aliphatic heterocycles. The summed E-state index contributed by atoms with van der Waals surface area (Å²) in [6, 6.07) is 7.73. The molecule has 7 heteroatoms. The number of likely N-dealkylation sites (N-methyl/N-ethyl adjacent to an activating group) is 1. The maximum Gasteiger partial charge on any atom is 0.231 e. The second kappa shape index (κ2) is 9.17. The van der Waals surface area contributed by atoms with Crippen LogP contribution in [0.1, 0.15) is 24.4 Å². The van der Waals surface area contributed by atoms with Crippen molar-refractivity contribution in [1.29, 1.82) is 0 Å². The van der Waals surface area contributed by atoms with Crippen molar-refractivity contribution in [1.82, 2.24) is 15.1 Å². The van der Waals surface area contributed by atoms with E-state index in [0.717, 1.165) is 31.5 Å². The number of carbonyl (C=O) groups excluding carboxylic acids is 2. The monoisotopic (exact) mass is 366 g/mol. The number of nitrogens with one attached hydrogen (secondary N) is 1. The van der Waals surface area contributed by atoms with Gasteiger partial charge in [0, 0.05) is 17.5 Å². The van der Waals surface area contributed by atoms with Crippen LogP contribution in [-0.4, -0.2) is 61.9 Å². The van der Waals surface area contributed by atoms with E-state index in [2.05, 4.69) is 10.2 Å². The Labute approximate surface area is 154 Å². The Balaban J connectivity index is 1.88. The number of hydrogen-bond donors (Lipinski definition) is 2. The number of carbonyl (C=O) groups is 2. The Kier molecular flexibility index (Phi) is 7.23. The van der Waals surface area contributed by atoms with Gasteiger partial charge in [-0.05, 0) is 51.7 Å². The van der Waals surface area contributed by atoms with E-state index < -0.39 is 0 Å². The van der Waals surface area contributed by atoms with Gasteiger partial charge in [-0.25, -0.2) is 0 Å². The molecule has 1 aromatic carbocycles. The van der Waals surface area contributed by atoms with E-state index in [1.807, 2.05) is 43.3 Å². The van der Waals surface area contributed by atoms with Gasteiger partial charge in [-0.2, -0.15) is 0 Å². The predicted molar refractivity (Wildman–Crippen MR) is 99.2 cm³/mol. The Morgan fingerprint density at radius 3 is 2.52 bits per heavy atom. The molecule has 1 aromatic rings. The molecule has 0 aromatic heterocycles. The lowest BCUT2D eigenvalue weighted by molar-refractivity contribution is -0.126. The highest BCUT2D eigenvalue weighted by Gasteiger charge is 2.26. The minimum atomic E-state index is -0.323. The molecule has 138 valence electrons. The normalized spacial score (nSPS) is 17.4. The van der Waals surface area contributed by atoms with Crippen molar-refractivity contribution in [3.05, 3.63) is 34.9 Å². The zero-order valence-electron chi connectivity index (χ0n) is 14.9. The Hall–Kier alpha value is -1.63. The molecule has 0 spiro atoms. The first-order valence-corrected chi connectivity index (χ1v) is 8.95. The van der Waals surface area contributed by atoms with Crippen molar-refractivity contribution in [2.75, 3.05) is 40.3 Å². The standard InChI is InChI=1S/C18H27ClN4O2/c1-22(2)16(14-5-3-4-6-15(14)19)11-21-18(25)13-7-9-23(10-8-13)12-17(20)24/h3-6,13,16H,7-12H2,1-2H3,(H2,20,24)(H,21,25). The van der Waals surface area contributed by atoms with Crippen LogP contribution in [0.25, 0.3) is 0 Å². The molecular weight excluding hydrogens is 340 g/mol. The van der Waals surface area contributed by atoms with E-state index >= 15 is 0 Å². The van der Waals surface area contributed by atoms with Gasteiger partial charge in [-0.1, -0.05) is 29.8 Å². The summed E-state index contributed by atoms with van der Waals surface area (Å²) in [5, 5.41) is 3.77. The van der Waals surface area contributed by atoms with Crippen LogP contribution in [0.3, 0.4) is 0 Å². The first-order valence-electron chi connectivity index (χ1n) is 8.57. The molecular formula is C18H27ClN4O2. The summed E-state index contributed by atoms with van der Waals surface area (Å²) in [7, 11) is 3.95. The van der Waals surface area contributed by atoms with Gasteiger partial charge in [0.1, 0.15) is 0 Å². The SMILES string of the molecule is CN(C)C(CNC(=O)C1CCN(CC(N)=O)CC1)c1ccccc1Cl. The fourth-order valence-electron chi connectivity index (χ4n) is 3.23. The molecule has 3 N–H and O–H groups in total. The van der Waals surface area contributed by atoms with Crippen LogP contribution in [-0.2, 0) is 9.59 Å². The van der Waals surface area contributed by atoms with Crippen molar-refractivity contribution in [2.24, 2.45) is 11.7 Å². The average molecular weight is 367 g/mol. The molecule has 1 saturated heterocycles. The summed E-state index contributed by atoms with van der Waals surface area (Å²) in [6.07, 6.45) is 1.50. The molecule has 6 nitrogen and oxygen atoms in total. The quantitative estimate of drug-likeness (QED) is 0.761. The zero-order chi connectivity index (χ0) is 18.4. The summed E-state index contributed by atoms with van der Waals surface area (Å²) in [5.41, 5.74) is 6.22. The van der Waals surface area contributed by atoms with Crippen LogP contribution in [0.5, 0.6) is 0 Å². The molecule has 25 heavy (non-hydrogen) atoms. The van der Waals surface area contributed by atoms with E-state index in [1.165, 1.54) is 0 Å². The average Bonchev–Trinajstić information content (AvgIpc) is 2.56. The van der Waals surface area contributed by atoms with Gasteiger partial charge >= 0.3 is 0 Å². The number of benzene rings is 1. The van der Waals surface area contributed by atoms with Gasteiger partial charge in [-0.15, -0.1) is 0 Å². The minimum Gasteiger partial charge on any atom is -0.369 e. The van der Waals surface area contributed by atoms with Crippen LogP contribution in [0, 0.1) is 5.92 Å². The van der Waals surface area contributed by atoms with Crippen molar-refractivity contribution in [3.63, 3.8) is 0 Å². The number of hydrogen-bond acceptors (Lipinski definition) is 4. The number of primary amides is 1. The maximum absolute atomic E-state index is 12.5. The summed E-state index contributed by atoms with van der Waals surface area (Å²) >= 11 is 6.30. The maximum atomic E-state index is 12.5. The lowest BCUT2D eigenvalue weighted by Crippen LogP contribution is -2.44. The second-order valence-corrected chi connectivity index (χ2v) is 7.17. The van der Waals surface area contributed by atoms with E-state index in [9.17, 15) is 9.59 Å². The first-order chi connectivity index (χ1) is 11.9. The lowest BCUT2D eigenvalue weighted by Gasteiger charge is -2.31. The summed E-state index contributed by atoms with van der Waals surface area (Å²) in [6.45, 7) is 2.23. The molecule has 2 amide bonds. The number of nitrogens with zero attached hydrogens (tertiary/aromatic N) is 2. The van der Waals surface area contributed by atoms with Crippen LogP contribution < -0.4 is 11.1 Å². The van der Waals surface area contributed by atoms with Crippen molar-refractivity contribution >= 4 is 23.4 Å². The minimum absolute atomic E-state index is 0.0156. The summed E-state index contributed by atoms with van der Waals surface area (Å²) < 4.78 is 0. The smallest absolute Gasteiger partial charge is 0.231 e. The molecule has 1 unspecified atom stereocenters. The second-order valence-electron chi connectivity index (χ2n) is 6.76. The van der Waals surface area contributed by atoms with Gasteiger partial charge in [0.25, 0.3) is 0 Å². The summed E-state index contributed by atoms with van der Waals surface area (Å²) in [4.78, 5) is 27.5. The van der Waals surface area contributed by atoms with E-state index in [1.54, 1.807) is 0 Å². The van der Waals surface area contributed by atoms with E-state index in [4.69, 9.17) is 17.3 Å². The molecule has 0 aliphatic carbocycles. The Morgan fingerprint density at radius 1 is 1.32 bits per heavy atom. The third kappa shape index (κ3) is 5.70. The first kappa shape index (κ1) is 19.7. The number of amides is 2. The van der Waals surface area contributed by atoms with E-state index in [-0.39, 0.29) is 30.3 Å². The van der Waals surface area contributed by atoms with Gasteiger partial charge < -0.3 is 16.0 Å². The molecule has 1 atom stereocenters. The summed E-state index contributed by atoms with van der Waals surface area (Å²) in [5.74, 6) is -0.271. The zero-order valence-corrected chi connectivity index (χ0v) is 15.6. The van der Waals surface area contributed by atoms with Crippen LogP contribution >= 0.6 is 11.6 Å². The molecule has 0 bridgehead atoms. The molecule has 1 aliphatic rings. The molecule has 1 heterocycles. The number of rotatable bonds is 7. The fourth-order valence-corrected chi connectivity index (χ4v) is 3.49. The highest BCUT2D eigenvalue weighted by Crippen LogP contribution is 2.25. The molecule has 0 saturated carbocycles. The Morgan fingerprint density at radius 2 is 1.96 bits per heavy atom. The lowest BCUT2D eigenvalue weighted by atomic mass is 9.95. The van der Waals surface area contributed by atoms with Crippen molar-refractivity contribution < 1.29 is 9.59 Å². The number of likely N-dealkylation sites (tertiary alicyclic amines) is 1. The van der Waals surface area contributed by atoms with Crippen molar-refractivity contribution in [2.45, 2.75) is 18.9 Å². The third-order valence-corrected chi connectivity index (χ3v) is 5.04. The highest BCUT2D eigenvalue weighted by atomic mass is 35.5. The van der Waals surface area contributed by atoms with Crippen LogP contribution in [0.4, 0.5) is 0 Å². The van der Waals surface area contributed by atoms with Gasteiger partial charge in [0.15, 0.2) is 0 Å². The van der Waals surface area contributed by atoms with Crippen molar-refractivity contribution in [3.8, 4) is 0 Å². The highest BCUT2D eigenvalue weighted by molar-refractivity contribution is 6.31. The number of halogens is 1. The molecule has 0 radical (unpaired) electrons. The van der Waals surface area contributed by atoms with Gasteiger partial charge in [0.05, 0.1) is 12.6 Å². The fraction of sp³-hybridized carbons (Fsp3) is 0.556. The topological polar surface area (TPSA) is 78.7 Å². The van der Waals surface area contributed by atoms with E-state index in [0.29, 0.717) is 11.6 Å². The largest absolute Gasteiger partial charge is 0.369 e. The van der Waals surface area contributed by atoms with Gasteiger partial charge in [0.2, 0.25) is 11.8 Å². The van der Waals surface area contributed by atoms with Crippen LogP contribution in [0.2, 0.25) is 5.02 Å². The molecule has 2 rings (SSSR count). The Bertz CT molecular complexity index is 600. The molecule has 1 fully saturated rings. The number of piperidine rings is 1. The van der Waals surface area contributed by atoms with Crippen LogP contribution in [0.15, 0.2) is 24.3 Å². The third-order valence-electron chi connectivity index (χ3n) is 4.70. The predicted octanol–water partition coefficient (Wildman–Crippen LogP) is 1.26. The van der Waals surface area contributed by atoms with Gasteiger partial charge in [-0.3, -0.25) is 14.5 Å².